The minimum atomic E-state index is 0.721. The predicted molar refractivity (Wildman–Crippen MR) is 78.8 cm³/mol. The van der Waals surface area contributed by atoms with Crippen LogP contribution in [0, 0.1) is 11.8 Å². The fourth-order valence-corrected chi connectivity index (χ4v) is 2.90. The van der Waals surface area contributed by atoms with E-state index in [2.05, 4.69) is 30.8 Å². The number of piperidine rings is 1. The fourth-order valence-electron chi connectivity index (χ4n) is 2.90. The first-order valence-corrected chi connectivity index (χ1v) is 7.42. The first-order valence-electron chi connectivity index (χ1n) is 7.42. The van der Waals surface area contributed by atoms with E-state index < -0.39 is 0 Å². The molecule has 17 heavy (non-hydrogen) atoms. The second-order valence-corrected chi connectivity index (χ2v) is 4.74. The van der Waals surface area contributed by atoms with Crippen molar-refractivity contribution in [2.45, 2.75) is 59.8 Å². The number of aliphatic imine (C=N–C) groups is 1. The van der Waals surface area contributed by atoms with Gasteiger partial charge in [0.1, 0.15) is 5.84 Å². The Balaban J connectivity index is 0.00000121. The molecule has 102 valence electrons. The van der Waals surface area contributed by atoms with Crippen molar-refractivity contribution < 1.29 is 0 Å². The maximum Gasteiger partial charge on any atom is 0.102 e. The Bertz CT molecular complexity index is 211. The van der Waals surface area contributed by atoms with Crippen molar-refractivity contribution >= 4 is 5.84 Å². The topological polar surface area (TPSA) is 15.6 Å². The zero-order chi connectivity index (χ0) is 13.3. The van der Waals surface area contributed by atoms with Crippen LogP contribution in [0.3, 0.4) is 0 Å². The molecule has 1 fully saturated rings. The van der Waals surface area contributed by atoms with Crippen molar-refractivity contribution in [1.29, 1.82) is 0 Å². The Morgan fingerprint density at radius 1 is 1.18 bits per heavy atom. The summed E-state index contributed by atoms with van der Waals surface area (Å²) >= 11 is 0. The SMILES string of the molecule is CC.CCCC1CCN(C)C(=NC)C1CCC. The van der Waals surface area contributed by atoms with E-state index in [0.29, 0.717) is 0 Å². The third-order valence-corrected chi connectivity index (χ3v) is 3.62. The molecule has 0 aromatic carbocycles. The molecular weight excluding hydrogens is 208 g/mol. The van der Waals surface area contributed by atoms with Gasteiger partial charge in [0.25, 0.3) is 0 Å². The van der Waals surface area contributed by atoms with E-state index in [1.54, 1.807) is 0 Å². The molecule has 0 aliphatic carbocycles. The highest BCUT2D eigenvalue weighted by Gasteiger charge is 2.31. The van der Waals surface area contributed by atoms with Crippen LogP contribution in [-0.2, 0) is 0 Å². The third-order valence-electron chi connectivity index (χ3n) is 3.62. The molecule has 1 heterocycles. The lowest BCUT2D eigenvalue weighted by Gasteiger charge is -2.39. The maximum absolute atomic E-state index is 4.50. The molecule has 1 rings (SSSR count). The summed E-state index contributed by atoms with van der Waals surface area (Å²) in [4.78, 5) is 6.86. The van der Waals surface area contributed by atoms with Crippen LogP contribution < -0.4 is 0 Å². The monoisotopic (exact) mass is 240 g/mol. The lowest BCUT2D eigenvalue weighted by molar-refractivity contribution is 0.252. The third kappa shape index (κ3) is 4.69. The van der Waals surface area contributed by atoms with Crippen molar-refractivity contribution in [3.63, 3.8) is 0 Å². The number of rotatable bonds is 4. The predicted octanol–water partition coefficient (Wildman–Crippen LogP) is 4.21. The van der Waals surface area contributed by atoms with Gasteiger partial charge in [-0.2, -0.15) is 0 Å². The minimum absolute atomic E-state index is 0.721. The molecule has 0 radical (unpaired) electrons. The van der Waals surface area contributed by atoms with Gasteiger partial charge in [-0.05, 0) is 25.2 Å². The molecule has 0 spiro atoms. The first kappa shape index (κ1) is 16.5. The van der Waals surface area contributed by atoms with Gasteiger partial charge in [0, 0.05) is 26.6 Å². The molecular formula is C15H32N2. The van der Waals surface area contributed by atoms with Crippen LogP contribution in [-0.4, -0.2) is 31.4 Å². The molecule has 0 amide bonds. The van der Waals surface area contributed by atoms with Crippen LogP contribution in [0.15, 0.2) is 4.99 Å². The van der Waals surface area contributed by atoms with Crippen LogP contribution in [0.4, 0.5) is 0 Å². The molecule has 0 aromatic heterocycles. The zero-order valence-corrected chi connectivity index (χ0v) is 12.8. The lowest BCUT2D eigenvalue weighted by Crippen LogP contribution is -2.43. The molecule has 2 atom stereocenters. The Morgan fingerprint density at radius 3 is 2.24 bits per heavy atom. The van der Waals surface area contributed by atoms with Crippen molar-refractivity contribution in [3.8, 4) is 0 Å². The highest BCUT2D eigenvalue weighted by atomic mass is 15.2. The first-order chi connectivity index (χ1) is 8.24. The molecule has 1 aliphatic heterocycles. The summed E-state index contributed by atoms with van der Waals surface area (Å²) in [6.07, 6.45) is 6.62. The van der Waals surface area contributed by atoms with Gasteiger partial charge in [-0.15, -0.1) is 0 Å². The van der Waals surface area contributed by atoms with E-state index in [1.807, 2.05) is 20.9 Å². The Morgan fingerprint density at radius 2 is 1.76 bits per heavy atom. The molecule has 1 saturated heterocycles. The zero-order valence-electron chi connectivity index (χ0n) is 12.8. The van der Waals surface area contributed by atoms with E-state index in [-0.39, 0.29) is 0 Å². The molecule has 0 aromatic rings. The average molecular weight is 240 g/mol. The Labute approximate surface area is 109 Å². The van der Waals surface area contributed by atoms with Crippen LogP contribution in [0.5, 0.6) is 0 Å². The van der Waals surface area contributed by atoms with Gasteiger partial charge in [-0.1, -0.05) is 40.5 Å². The van der Waals surface area contributed by atoms with Crippen LogP contribution in [0.2, 0.25) is 0 Å². The van der Waals surface area contributed by atoms with Crippen molar-refractivity contribution in [3.05, 3.63) is 0 Å². The fraction of sp³-hybridized carbons (Fsp3) is 0.933. The smallest absolute Gasteiger partial charge is 0.102 e. The number of nitrogens with zero attached hydrogens (tertiary/aromatic N) is 2. The lowest BCUT2D eigenvalue weighted by atomic mass is 9.79. The molecule has 0 bridgehead atoms. The van der Waals surface area contributed by atoms with E-state index >= 15 is 0 Å². The van der Waals surface area contributed by atoms with Gasteiger partial charge in [0.15, 0.2) is 0 Å². The summed E-state index contributed by atoms with van der Waals surface area (Å²) in [6.45, 7) is 9.77. The quantitative estimate of drug-likeness (QED) is 0.719. The van der Waals surface area contributed by atoms with Crippen molar-refractivity contribution in [2.75, 3.05) is 20.6 Å². The van der Waals surface area contributed by atoms with Gasteiger partial charge in [0.2, 0.25) is 0 Å². The van der Waals surface area contributed by atoms with Crippen molar-refractivity contribution in [2.24, 2.45) is 16.8 Å². The number of hydrogen-bond acceptors (Lipinski definition) is 1. The summed E-state index contributed by atoms with van der Waals surface area (Å²) in [5.41, 5.74) is 0. The van der Waals surface area contributed by atoms with Crippen molar-refractivity contribution in [1.82, 2.24) is 4.90 Å². The van der Waals surface area contributed by atoms with Gasteiger partial charge in [-0.25, -0.2) is 0 Å². The summed E-state index contributed by atoms with van der Waals surface area (Å²) in [5.74, 6) is 2.95. The minimum Gasteiger partial charge on any atom is -0.363 e. The molecule has 2 nitrogen and oxygen atoms in total. The largest absolute Gasteiger partial charge is 0.363 e. The maximum atomic E-state index is 4.50. The molecule has 0 N–H and O–H groups in total. The molecule has 1 aliphatic rings. The van der Waals surface area contributed by atoms with E-state index in [0.717, 1.165) is 11.8 Å². The Hall–Kier alpha value is -0.530. The normalized spacial score (nSPS) is 26.7. The van der Waals surface area contributed by atoms with E-state index in [9.17, 15) is 0 Å². The molecule has 2 unspecified atom stereocenters. The number of likely N-dealkylation sites (tertiary alicyclic amines) is 1. The highest BCUT2D eigenvalue weighted by molar-refractivity contribution is 5.85. The second kappa shape index (κ2) is 9.49. The summed E-state index contributed by atoms with van der Waals surface area (Å²) in [6, 6.07) is 0. The Kier molecular flexibility index (Phi) is 9.20. The van der Waals surface area contributed by atoms with Crippen LogP contribution in [0.1, 0.15) is 59.8 Å². The number of hydrogen-bond donors (Lipinski definition) is 0. The van der Waals surface area contributed by atoms with Gasteiger partial charge in [-0.3, -0.25) is 4.99 Å². The van der Waals surface area contributed by atoms with E-state index in [1.165, 1.54) is 44.5 Å². The van der Waals surface area contributed by atoms with Crippen LogP contribution in [0.25, 0.3) is 0 Å². The van der Waals surface area contributed by atoms with E-state index in [4.69, 9.17) is 0 Å². The molecule has 0 saturated carbocycles. The van der Waals surface area contributed by atoms with Gasteiger partial charge >= 0.3 is 0 Å². The summed E-state index contributed by atoms with van der Waals surface area (Å²) < 4.78 is 0. The van der Waals surface area contributed by atoms with Gasteiger partial charge < -0.3 is 4.90 Å². The second-order valence-electron chi connectivity index (χ2n) is 4.74. The van der Waals surface area contributed by atoms with Crippen LogP contribution >= 0.6 is 0 Å². The summed E-state index contributed by atoms with van der Waals surface area (Å²) in [7, 11) is 4.13. The molecule has 2 heteroatoms. The number of amidine groups is 1. The average Bonchev–Trinajstić information content (AvgIpc) is 2.36. The van der Waals surface area contributed by atoms with Gasteiger partial charge in [0.05, 0.1) is 0 Å². The summed E-state index contributed by atoms with van der Waals surface area (Å²) in [5, 5.41) is 0. The standard InChI is InChI=1S/C13H26N2.C2H6/c1-5-7-11-9-10-15(4)13(14-3)12(11)8-6-2;1-2/h11-12H,5-10H2,1-4H3;1-2H3. The highest BCUT2D eigenvalue weighted by Crippen LogP contribution is 2.31.